The van der Waals surface area contributed by atoms with Gasteiger partial charge in [-0.2, -0.15) is 0 Å². The second kappa shape index (κ2) is 6.46. The molecular weight excluding hydrogens is 284 g/mol. The molecule has 1 aromatic heterocycles. The van der Waals surface area contributed by atoms with Gasteiger partial charge >= 0.3 is 0 Å². The first kappa shape index (κ1) is 14.4. The van der Waals surface area contributed by atoms with Gasteiger partial charge in [0.15, 0.2) is 0 Å². The first-order chi connectivity index (χ1) is 10.2. The number of hydrogen-bond acceptors (Lipinski definition) is 3. The Balaban J connectivity index is 1.75. The van der Waals surface area contributed by atoms with Crippen molar-refractivity contribution in [2.75, 3.05) is 20.2 Å². The van der Waals surface area contributed by atoms with Crippen molar-refractivity contribution >= 4 is 11.6 Å². The maximum Gasteiger partial charge on any atom is 0.138 e. The van der Waals surface area contributed by atoms with Crippen molar-refractivity contribution in [3.05, 3.63) is 47.7 Å². The topological polar surface area (TPSA) is 25.4 Å². The molecule has 0 radical (unpaired) electrons. The van der Waals surface area contributed by atoms with Crippen LogP contribution in [0.25, 0.3) is 11.1 Å². The maximum atomic E-state index is 6.21. The number of nitrogens with zero attached hydrogens (tertiary/aromatic N) is 2. The van der Waals surface area contributed by atoms with Gasteiger partial charge in [-0.3, -0.25) is 0 Å². The number of rotatable bonds is 4. The van der Waals surface area contributed by atoms with Crippen LogP contribution in [0.15, 0.2) is 42.6 Å². The highest BCUT2D eigenvalue weighted by molar-refractivity contribution is 6.32. The maximum absolute atomic E-state index is 6.21. The van der Waals surface area contributed by atoms with Gasteiger partial charge in [0.05, 0.1) is 6.20 Å². The highest BCUT2D eigenvalue weighted by Crippen LogP contribution is 2.29. The van der Waals surface area contributed by atoms with E-state index in [0.717, 1.165) is 23.4 Å². The minimum atomic E-state index is 0.501. The van der Waals surface area contributed by atoms with E-state index in [2.05, 4.69) is 16.9 Å². The Hall–Kier alpha value is -1.58. The number of pyridine rings is 1. The van der Waals surface area contributed by atoms with Crippen LogP contribution in [0.4, 0.5) is 0 Å². The summed E-state index contributed by atoms with van der Waals surface area (Å²) < 4.78 is 5.91. The van der Waals surface area contributed by atoms with Crippen molar-refractivity contribution < 1.29 is 4.74 Å². The molecule has 4 heteroatoms. The molecule has 0 N–H and O–H groups in total. The number of benzene rings is 1. The lowest BCUT2D eigenvalue weighted by Crippen LogP contribution is -2.30. The zero-order valence-corrected chi connectivity index (χ0v) is 12.9. The van der Waals surface area contributed by atoms with Crippen molar-refractivity contribution in [3.8, 4) is 16.9 Å². The molecule has 1 atom stereocenters. The van der Waals surface area contributed by atoms with Crippen LogP contribution in [0.1, 0.15) is 12.8 Å². The Labute approximate surface area is 130 Å². The second-order valence-electron chi connectivity index (χ2n) is 5.46. The summed E-state index contributed by atoms with van der Waals surface area (Å²) in [5, 5.41) is 0.506. The molecule has 2 heterocycles. The van der Waals surface area contributed by atoms with E-state index in [1.165, 1.54) is 12.8 Å². The smallest absolute Gasteiger partial charge is 0.138 e. The van der Waals surface area contributed by atoms with Gasteiger partial charge in [-0.05, 0) is 38.1 Å². The summed E-state index contributed by atoms with van der Waals surface area (Å²) in [6.07, 6.45) is 4.14. The third kappa shape index (κ3) is 3.36. The summed E-state index contributed by atoms with van der Waals surface area (Å²) in [4.78, 5) is 6.60. The van der Waals surface area contributed by atoms with Crippen LogP contribution in [-0.4, -0.2) is 36.1 Å². The van der Waals surface area contributed by atoms with E-state index in [-0.39, 0.29) is 0 Å². The van der Waals surface area contributed by atoms with Gasteiger partial charge in [0.1, 0.15) is 17.5 Å². The van der Waals surface area contributed by atoms with Gasteiger partial charge in [-0.1, -0.05) is 41.9 Å². The summed E-state index contributed by atoms with van der Waals surface area (Å²) >= 11 is 6.21. The predicted octanol–water partition coefficient (Wildman–Crippen LogP) is 3.88. The molecular formula is C17H19ClN2O. The summed E-state index contributed by atoms with van der Waals surface area (Å²) in [5.74, 6) is 0.776. The molecule has 110 valence electrons. The SMILES string of the molecule is CN1CCC[C@H]1COc1cnc(Cl)c(-c2ccccc2)c1. The van der Waals surface area contributed by atoms with Gasteiger partial charge in [0.25, 0.3) is 0 Å². The standard InChI is InChI=1S/C17H19ClN2O/c1-20-9-5-8-14(20)12-21-15-10-16(17(18)19-11-15)13-6-3-2-4-7-13/h2-4,6-7,10-11,14H,5,8-9,12H2,1H3/t14-/m0/s1. The zero-order chi connectivity index (χ0) is 14.7. The minimum absolute atomic E-state index is 0.501. The van der Waals surface area contributed by atoms with Gasteiger partial charge in [0, 0.05) is 11.6 Å². The summed E-state index contributed by atoms with van der Waals surface area (Å²) in [6.45, 7) is 1.86. The van der Waals surface area contributed by atoms with E-state index in [0.29, 0.717) is 17.8 Å². The lowest BCUT2D eigenvalue weighted by atomic mass is 10.1. The van der Waals surface area contributed by atoms with Crippen LogP contribution in [-0.2, 0) is 0 Å². The number of aromatic nitrogens is 1. The van der Waals surface area contributed by atoms with Crippen LogP contribution < -0.4 is 4.74 Å². The van der Waals surface area contributed by atoms with Gasteiger partial charge in [-0.25, -0.2) is 4.98 Å². The van der Waals surface area contributed by atoms with E-state index >= 15 is 0 Å². The summed E-state index contributed by atoms with van der Waals surface area (Å²) in [5.41, 5.74) is 1.97. The van der Waals surface area contributed by atoms with Crippen LogP contribution in [0.5, 0.6) is 5.75 Å². The first-order valence-corrected chi connectivity index (χ1v) is 7.66. The molecule has 0 amide bonds. The third-order valence-electron chi connectivity index (χ3n) is 4.01. The van der Waals surface area contributed by atoms with Gasteiger partial charge in [-0.15, -0.1) is 0 Å². The molecule has 2 aromatic rings. The van der Waals surface area contributed by atoms with E-state index in [4.69, 9.17) is 16.3 Å². The molecule has 1 fully saturated rings. The fourth-order valence-electron chi connectivity index (χ4n) is 2.71. The monoisotopic (exact) mass is 302 g/mol. The van der Waals surface area contributed by atoms with Crippen molar-refractivity contribution in [1.82, 2.24) is 9.88 Å². The van der Waals surface area contributed by atoms with E-state index in [9.17, 15) is 0 Å². The Bertz CT molecular complexity index is 603. The highest BCUT2D eigenvalue weighted by Gasteiger charge is 2.21. The minimum Gasteiger partial charge on any atom is -0.490 e. The molecule has 3 rings (SSSR count). The first-order valence-electron chi connectivity index (χ1n) is 7.28. The lowest BCUT2D eigenvalue weighted by Gasteiger charge is -2.19. The number of ether oxygens (including phenoxy) is 1. The van der Waals surface area contributed by atoms with E-state index in [1.807, 2.05) is 36.4 Å². The Morgan fingerprint density at radius 2 is 2.14 bits per heavy atom. The predicted molar refractivity (Wildman–Crippen MR) is 85.8 cm³/mol. The molecule has 1 aliphatic rings. The molecule has 21 heavy (non-hydrogen) atoms. The molecule has 0 saturated carbocycles. The van der Waals surface area contributed by atoms with Crippen molar-refractivity contribution in [2.24, 2.45) is 0 Å². The summed E-state index contributed by atoms with van der Waals surface area (Å²) in [7, 11) is 2.15. The average Bonchev–Trinajstić information content (AvgIpc) is 2.93. The van der Waals surface area contributed by atoms with Gasteiger partial charge in [0.2, 0.25) is 0 Å². The normalized spacial score (nSPS) is 18.9. The van der Waals surface area contributed by atoms with Crippen molar-refractivity contribution in [3.63, 3.8) is 0 Å². The van der Waals surface area contributed by atoms with Crippen molar-refractivity contribution in [2.45, 2.75) is 18.9 Å². The molecule has 1 saturated heterocycles. The van der Waals surface area contributed by atoms with Crippen LogP contribution >= 0.6 is 11.6 Å². The Kier molecular flexibility index (Phi) is 4.42. The number of likely N-dealkylation sites (tertiary alicyclic amines) is 1. The van der Waals surface area contributed by atoms with E-state index in [1.54, 1.807) is 6.20 Å². The molecule has 1 aliphatic heterocycles. The second-order valence-corrected chi connectivity index (χ2v) is 5.82. The Morgan fingerprint density at radius 1 is 1.33 bits per heavy atom. The van der Waals surface area contributed by atoms with Gasteiger partial charge < -0.3 is 9.64 Å². The molecule has 3 nitrogen and oxygen atoms in total. The number of hydrogen-bond donors (Lipinski definition) is 0. The Morgan fingerprint density at radius 3 is 2.86 bits per heavy atom. The van der Waals surface area contributed by atoms with Crippen LogP contribution in [0.2, 0.25) is 5.15 Å². The van der Waals surface area contributed by atoms with Crippen molar-refractivity contribution in [1.29, 1.82) is 0 Å². The highest BCUT2D eigenvalue weighted by atomic mass is 35.5. The number of likely N-dealkylation sites (N-methyl/N-ethyl adjacent to an activating group) is 1. The van der Waals surface area contributed by atoms with Crippen LogP contribution in [0, 0.1) is 0 Å². The third-order valence-corrected chi connectivity index (χ3v) is 4.31. The fraction of sp³-hybridized carbons (Fsp3) is 0.353. The summed E-state index contributed by atoms with van der Waals surface area (Å²) in [6, 6.07) is 12.5. The fourth-order valence-corrected chi connectivity index (χ4v) is 2.92. The zero-order valence-electron chi connectivity index (χ0n) is 12.1. The molecule has 0 spiro atoms. The quantitative estimate of drug-likeness (QED) is 0.802. The lowest BCUT2D eigenvalue weighted by molar-refractivity contribution is 0.198. The van der Waals surface area contributed by atoms with E-state index < -0.39 is 0 Å². The van der Waals surface area contributed by atoms with Crippen LogP contribution in [0.3, 0.4) is 0 Å². The molecule has 1 aromatic carbocycles. The average molecular weight is 303 g/mol. The number of halogens is 1. The molecule has 0 unspecified atom stereocenters. The molecule has 0 aliphatic carbocycles. The largest absolute Gasteiger partial charge is 0.490 e. The molecule has 0 bridgehead atoms.